The summed E-state index contributed by atoms with van der Waals surface area (Å²) in [6.45, 7) is 4.64. The summed E-state index contributed by atoms with van der Waals surface area (Å²) in [6, 6.07) is 9.24. The second-order valence-electron chi connectivity index (χ2n) is 6.23. The molecule has 3 N–H and O–H groups in total. The molecular weight excluding hydrogens is 292 g/mol. The Kier molecular flexibility index (Phi) is 6.86. The van der Waals surface area contributed by atoms with E-state index in [9.17, 15) is 9.90 Å². The van der Waals surface area contributed by atoms with Crippen LogP contribution in [0.25, 0.3) is 0 Å². The Morgan fingerprint density at radius 3 is 2.70 bits per heavy atom. The van der Waals surface area contributed by atoms with Crippen molar-refractivity contribution < 1.29 is 14.6 Å². The Morgan fingerprint density at radius 1 is 1.35 bits per heavy atom. The largest absolute Gasteiger partial charge is 0.391 e. The van der Waals surface area contributed by atoms with Gasteiger partial charge in [0.1, 0.15) is 0 Å². The van der Waals surface area contributed by atoms with Gasteiger partial charge in [0, 0.05) is 13.0 Å². The monoisotopic (exact) mass is 320 g/mol. The summed E-state index contributed by atoms with van der Waals surface area (Å²) in [4.78, 5) is 12.1. The molecule has 1 heterocycles. The van der Waals surface area contributed by atoms with Crippen LogP contribution in [0.3, 0.4) is 0 Å². The SMILES string of the molecule is CCC(NC(=O)NC(C)C(O)Cc1ccccc1)C1CCCO1. The van der Waals surface area contributed by atoms with E-state index in [0.29, 0.717) is 6.42 Å². The highest BCUT2D eigenvalue weighted by Gasteiger charge is 2.26. The van der Waals surface area contributed by atoms with Crippen molar-refractivity contribution in [1.29, 1.82) is 0 Å². The van der Waals surface area contributed by atoms with Gasteiger partial charge < -0.3 is 20.5 Å². The van der Waals surface area contributed by atoms with Crippen molar-refractivity contribution in [2.24, 2.45) is 0 Å². The van der Waals surface area contributed by atoms with Gasteiger partial charge in [-0.15, -0.1) is 0 Å². The summed E-state index contributed by atoms with van der Waals surface area (Å²) < 4.78 is 5.65. The third-order valence-electron chi connectivity index (χ3n) is 4.39. The summed E-state index contributed by atoms with van der Waals surface area (Å²) in [5.41, 5.74) is 1.06. The van der Waals surface area contributed by atoms with Gasteiger partial charge in [0.2, 0.25) is 0 Å². The van der Waals surface area contributed by atoms with E-state index in [-0.39, 0.29) is 24.2 Å². The van der Waals surface area contributed by atoms with Gasteiger partial charge in [-0.1, -0.05) is 37.3 Å². The molecule has 1 aliphatic rings. The number of amides is 2. The number of nitrogens with one attached hydrogen (secondary N) is 2. The molecule has 2 amide bonds. The highest BCUT2D eigenvalue weighted by atomic mass is 16.5. The number of hydrogen-bond donors (Lipinski definition) is 3. The molecule has 1 aromatic carbocycles. The molecule has 0 spiro atoms. The Hall–Kier alpha value is -1.59. The van der Waals surface area contributed by atoms with Crippen LogP contribution >= 0.6 is 0 Å². The number of rotatable bonds is 7. The molecule has 0 saturated carbocycles. The molecule has 128 valence electrons. The fourth-order valence-electron chi connectivity index (χ4n) is 2.92. The maximum Gasteiger partial charge on any atom is 0.315 e. The van der Waals surface area contributed by atoms with Gasteiger partial charge in [0.25, 0.3) is 0 Å². The van der Waals surface area contributed by atoms with Crippen LogP contribution in [-0.2, 0) is 11.2 Å². The molecule has 0 aromatic heterocycles. The lowest BCUT2D eigenvalue weighted by Crippen LogP contribution is -2.52. The lowest BCUT2D eigenvalue weighted by atomic mass is 10.0. The second-order valence-corrected chi connectivity index (χ2v) is 6.23. The molecule has 4 atom stereocenters. The number of carbonyl (C=O) groups excluding carboxylic acids is 1. The molecule has 1 saturated heterocycles. The van der Waals surface area contributed by atoms with E-state index in [4.69, 9.17) is 4.74 Å². The predicted molar refractivity (Wildman–Crippen MR) is 90.3 cm³/mol. The van der Waals surface area contributed by atoms with Gasteiger partial charge in [0.15, 0.2) is 0 Å². The van der Waals surface area contributed by atoms with Crippen LogP contribution < -0.4 is 10.6 Å². The van der Waals surface area contributed by atoms with E-state index in [2.05, 4.69) is 10.6 Å². The highest BCUT2D eigenvalue weighted by molar-refractivity contribution is 5.74. The van der Waals surface area contributed by atoms with Gasteiger partial charge in [-0.25, -0.2) is 4.79 Å². The standard InChI is InChI=1S/C18H28N2O3/c1-3-15(17-10-7-11-23-17)20-18(22)19-13(2)16(21)12-14-8-5-4-6-9-14/h4-6,8-9,13,15-17,21H,3,7,10-12H2,1-2H3,(H2,19,20,22). The van der Waals surface area contributed by atoms with Crippen molar-refractivity contribution in [3.63, 3.8) is 0 Å². The average molecular weight is 320 g/mol. The first-order valence-corrected chi connectivity index (χ1v) is 8.50. The van der Waals surface area contributed by atoms with Gasteiger partial charge >= 0.3 is 6.03 Å². The maximum absolute atomic E-state index is 12.1. The smallest absolute Gasteiger partial charge is 0.315 e. The molecule has 2 rings (SSSR count). The van der Waals surface area contributed by atoms with Crippen molar-refractivity contribution in [2.75, 3.05) is 6.61 Å². The minimum absolute atomic E-state index is 0.0240. The van der Waals surface area contributed by atoms with E-state index in [1.165, 1.54) is 0 Å². The van der Waals surface area contributed by atoms with Gasteiger partial charge in [-0.3, -0.25) is 0 Å². The van der Waals surface area contributed by atoms with Crippen LogP contribution in [-0.4, -0.2) is 42.0 Å². The minimum atomic E-state index is -0.619. The molecule has 1 aromatic rings. The van der Waals surface area contributed by atoms with Crippen LogP contribution in [0.2, 0.25) is 0 Å². The Morgan fingerprint density at radius 2 is 2.09 bits per heavy atom. The van der Waals surface area contributed by atoms with Crippen LogP contribution in [0.1, 0.15) is 38.7 Å². The van der Waals surface area contributed by atoms with Crippen LogP contribution in [0.15, 0.2) is 30.3 Å². The molecule has 1 fully saturated rings. The third kappa shape index (κ3) is 5.52. The quantitative estimate of drug-likeness (QED) is 0.721. The average Bonchev–Trinajstić information content (AvgIpc) is 3.07. The fourth-order valence-corrected chi connectivity index (χ4v) is 2.92. The first-order valence-electron chi connectivity index (χ1n) is 8.50. The van der Waals surface area contributed by atoms with Crippen LogP contribution in [0, 0.1) is 0 Å². The maximum atomic E-state index is 12.1. The van der Waals surface area contributed by atoms with Crippen molar-refractivity contribution in [3.8, 4) is 0 Å². The Balaban J connectivity index is 1.78. The number of hydrogen-bond acceptors (Lipinski definition) is 3. The zero-order valence-corrected chi connectivity index (χ0v) is 14.0. The topological polar surface area (TPSA) is 70.6 Å². The molecule has 5 nitrogen and oxygen atoms in total. The lowest BCUT2D eigenvalue weighted by Gasteiger charge is -2.25. The summed E-state index contributed by atoms with van der Waals surface area (Å²) in [5, 5.41) is 16.1. The molecule has 1 aliphatic heterocycles. The zero-order valence-electron chi connectivity index (χ0n) is 14.0. The normalized spacial score (nSPS) is 21.4. The molecule has 23 heavy (non-hydrogen) atoms. The van der Waals surface area contributed by atoms with Crippen LogP contribution in [0.4, 0.5) is 4.79 Å². The Bertz CT molecular complexity index is 474. The fraction of sp³-hybridized carbons (Fsp3) is 0.611. The molecule has 4 unspecified atom stereocenters. The molecule has 0 bridgehead atoms. The van der Waals surface area contributed by atoms with E-state index in [1.54, 1.807) is 0 Å². The minimum Gasteiger partial charge on any atom is -0.391 e. The van der Waals surface area contributed by atoms with Crippen molar-refractivity contribution in [1.82, 2.24) is 10.6 Å². The first kappa shape index (κ1) is 17.8. The van der Waals surface area contributed by atoms with E-state index in [0.717, 1.165) is 31.4 Å². The first-order chi connectivity index (χ1) is 11.1. The molecular formula is C18H28N2O3. The van der Waals surface area contributed by atoms with Crippen molar-refractivity contribution >= 4 is 6.03 Å². The summed E-state index contributed by atoms with van der Waals surface area (Å²) in [6.07, 6.45) is 2.88. The number of urea groups is 1. The number of carbonyl (C=O) groups is 1. The summed E-state index contributed by atoms with van der Waals surface area (Å²) >= 11 is 0. The van der Waals surface area contributed by atoms with Gasteiger partial charge in [-0.05, 0) is 31.7 Å². The van der Waals surface area contributed by atoms with E-state index >= 15 is 0 Å². The van der Waals surface area contributed by atoms with E-state index in [1.807, 2.05) is 44.2 Å². The summed E-state index contributed by atoms with van der Waals surface area (Å²) in [7, 11) is 0. The third-order valence-corrected chi connectivity index (χ3v) is 4.39. The van der Waals surface area contributed by atoms with Crippen LogP contribution in [0.5, 0.6) is 0 Å². The lowest BCUT2D eigenvalue weighted by molar-refractivity contribution is 0.0785. The molecule has 5 heteroatoms. The number of aliphatic hydroxyl groups excluding tert-OH is 1. The van der Waals surface area contributed by atoms with Gasteiger partial charge in [0.05, 0.1) is 24.3 Å². The number of benzene rings is 1. The zero-order chi connectivity index (χ0) is 16.7. The number of ether oxygens (including phenoxy) is 1. The predicted octanol–water partition coefficient (Wildman–Crippen LogP) is 2.24. The second kappa shape index (κ2) is 8.89. The number of aliphatic hydroxyl groups is 1. The van der Waals surface area contributed by atoms with Gasteiger partial charge in [-0.2, -0.15) is 0 Å². The molecule has 0 aliphatic carbocycles. The van der Waals surface area contributed by atoms with E-state index < -0.39 is 6.10 Å². The highest BCUT2D eigenvalue weighted by Crippen LogP contribution is 2.17. The Labute approximate surface area is 138 Å². The van der Waals surface area contributed by atoms with Crippen molar-refractivity contribution in [3.05, 3.63) is 35.9 Å². The molecule has 0 radical (unpaired) electrons. The van der Waals surface area contributed by atoms with Crippen molar-refractivity contribution in [2.45, 2.75) is 63.8 Å². The summed E-state index contributed by atoms with van der Waals surface area (Å²) in [5.74, 6) is 0.